The van der Waals surface area contributed by atoms with Gasteiger partial charge in [-0.3, -0.25) is 9.59 Å². The van der Waals surface area contributed by atoms with Crippen LogP contribution in [-0.4, -0.2) is 28.8 Å². The standard InChI is InChI=1S/C25H28N4O2/c1-2-20-11-6-7-13-23(20)27-25(31)21-12-8-14-28(18-21)22-15-24(30)29(26-16-22)17-19-9-4-3-5-10-19/h3-7,9-11,13,15-16,21H,2,8,12,14,17-18H2,1H3,(H,27,31)/t21-/m1/s1. The number of nitrogens with one attached hydrogen (secondary N) is 1. The number of anilines is 2. The van der Waals surface area contributed by atoms with Crippen molar-refractivity contribution in [1.82, 2.24) is 9.78 Å². The molecule has 160 valence electrons. The van der Waals surface area contributed by atoms with Crippen molar-refractivity contribution in [3.8, 4) is 0 Å². The fourth-order valence-corrected chi connectivity index (χ4v) is 4.08. The number of para-hydroxylation sites is 1. The lowest BCUT2D eigenvalue weighted by atomic mass is 9.96. The molecule has 1 atom stereocenters. The van der Waals surface area contributed by atoms with Gasteiger partial charge in [-0.25, -0.2) is 4.68 Å². The third-order valence-corrected chi connectivity index (χ3v) is 5.84. The van der Waals surface area contributed by atoms with E-state index in [4.69, 9.17) is 0 Å². The van der Waals surface area contributed by atoms with Gasteiger partial charge in [0.2, 0.25) is 5.91 Å². The molecular weight excluding hydrogens is 388 g/mol. The third kappa shape index (κ3) is 5.02. The Balaban J connectivity index is 1.44. The highest BCUT2D eigenvalue weighted by atomic mass is 16.2. The van der Waals surface area contributed by atoms with E-state index in [2.05, 4.69) is 22.2 Å². The largest absolute Gasteiger partial charge is 0.369 e. The molecule has 31 heavy (non-hydrogen) atoms. The van der Waals surface area contributed by atoms with Crippen LogP contribution >= 0.6 is 0 Å². The average molecular weight is 417 g/mol. The van der Waals surface area contributed by atoms with Crippen LogP contribution in [0.4, 0.5) is 11.4 Å². The lowest BCUT2D eigenvalue weighted by molar-refractivity contribution is -0.120. The molecule has 3 aromatic rings. The summed E-state index contributed by atoms with van der Waals surface area (Å²) in [6.45, 7) is 3.94. The Kier molecular flexibility index (Phi) is 6.46. The van der Waals surface area contributed by atoms with E-state index < -0.39 is 0 Å². The average Bonchev–Trinajstić information content (AvgIpc) is 2.81. The Hall–Kier alpha value is -3.41. The molecule has 0 spiro atoms. The molecular formula is C25H28N4O2. The quantitative estimate of drug-likeness (QED) is 0.665. The molecule has 1 saturated heterocycles. The van der Waals surface area contributed by atoms with Gasteiger partial charge in [-0.2, -0.15) is 5.10 Å². The van der Waals surface area contributed by atoms with Crippen molar-refractivity contribution in [3.05, 3.63) is 88.3 Å². The van der Waals surface area contributed by atoms with Gasteiger partial charge in [0.15, 0.2) is 0 Å². The van der Waals surface area contributed by atoms with Gasteiger partial charge in [0, 0.05) is 24.8 Å². The molecule has 2 aromatic carbocycles. The molecule has 1 aliphatic heterocycles. The predicted octanol–water partition coefficient (Wildman–Crippen LogP) is 3.71. The van der Waals surface area contributed by atoms with E-state index in [-0.39, 0.29) is 17.4 Å². The number of aromatic nitrogens is 2. The minimum absolute atomic E-state index is 0.0379. The SMILES string of the molecule is CCc1ccccc1NC(=O)[C@@H]1CCCN(c2cnn(Cc3ccccc3)c(=O)c2)C1. The van der Waals surface area contributed by atoms with Gasteiger partial charge in [-0.15, -0.1) is 0 Å². The van der Waals surface area contributed by atoms with Crippen molar-refractivity contribution in [2.24, 2.45) is 5.92 Å². The molecule has 1 N–H and O–H groups in total. The first-order valence-corrected chi connectivity index (χ1v) is 10.9. The number of aryl methyl sites for hydroxylation is 1. The van der Waals surface area contributed by atoms with Crippen LogP contribution in [-0.2, 0) is 17.8 Å². The van der Waals surface area contributed by atoms with Gasteiger partial charge < -0.3 is 10.2 Å². The summed E-state index contributed by atoms with van der Waals surface area (Å²) in [5.41, 5.74) is 3.70. The molecule has 1 aromatic heterocycles. The fourth-order valence-electron chi connectivity index (χ4n) is 4.08. The van der Waals surface area contributed by atoms with Crippen LogP contribution in [0.1, 0.15) is 30.9 Å². The number of hydrogen-bond acceptors (Lipinski definition) is 4. The summed E-state index contributed by atoms with van der Waals surface area (Å²) < 4.78 is 1.47. The van der Waals surface area contributed by atoms with Crippen LogP contribution in [0.2, 0.25) is 0 Å². The van der Waals surface area contributed by atoms with Crippen molar-refractivity contribution < 1.29 is 4.79 Å². The van der Waals surface area contributed by atoms with Gasteiger partial charge in [-0.1, -0.05) is 55.5 Å². The fraction of sp³-hybridized carbons (Fsp3) is 0.320. The summed E-state index contributed by atoms with van der Waals surface area (Å²) in [5.74, 6) is -0.0820. The highest BCUT2D eigenvalue weighted by Gasteiger charge is 2.27. The summed E-state index contributed by atoms with van der Waals surface area (Å²) in [6, 6.07) is 19.4. The zero-order valence-corrected chi connectivity index (χ0v) is 17.8. The highest BCUT2D eigenvalue weighted by molar-refractivity contribution is 5.93. The Morgan fingerprint density at radius 3 is 2.68 bits per heavy atom. The van der Waals surface area contributed by atoms with Gasteiger partial charge in [0.05, 0.1) is 24.3 Å². The second-order valence-corrected chi connectivity index (χ2v) is 7.98. The number of carbonyl (C=O) groups is 1. The van der Waals surface area contributed by atoms with Crippen LogP contribution in [0.25, 0.3) is 0 Å². The van der Waals surface area contributed by atoms with E-state index in [1.165, 1.54) is 4.68 Å². The third-order valence-electron chi connectivity index (χ3n) is 5.84. The van der Waals surface area contributed by atoms with E-state index in [0.29, 0.717) is 13.1 Å². The highest BCUT2D eigenvalue weighted by Crippen LogP contribution is 2.24. The van der Waals surface area contributed by atoms with Crippen LogP contribution in [0.15, 0.2) is 71.7 Å². The minimum atomic E-state index is -0.134. The summed E-state index contributed by atoms with van der Waals surface area (Å²) in [5, 5.41) is 7.47. The zero-order valence-electron chi connectivity index (χ0n) is 17.8. The van der Waals surface area contributed by atoms with Crippen LogP contribution in [0.5, 0.6) is 0 Å². The number of piperidine rings is 1. The lowest BCUT2D eigenvalue weighted by Crippen LogP contribution is -2.41. The molecule has 1 fully saturated rings. The number of carbonyl (C=O) groups excluding carboxylic acids is 1. The first-order chi connectivity index (χ1) is 15.1. The van der Waals surface area contributed by atoms with Crippen LogP contribution in [0.3, 0.4) is 0 Å². The lowest BCUT2D eigenvalue weighted by Gasteiger charge is -2.33. The van der Waals surface area contributed by atoms with Crippen LogP contribution in [0, 0.1) is 5.92 Å². The second-order valence-electron chi connectivity index (χ2n) is 7.98. The topological polar surface area (TPSA) is 67.2 Å². The molecule has 0 aliphatic carbocycles. The number of nitrogens with zero attached hydrogens (tertiary/aromatic N) is 3. The van der Waals surface area contributed by atoms with Gasteiger partial charge >= 0.3 is 0 Å². The monoisotopic (exact) mass is 416 g/mol. The summed E-state index contributed by atoms with van der Waals surface area (Å²) in [6.07, 6.45) is 4.35. The number of amides is 1. The summed E-state index contributed by atoms with van der Waals surface area (Å²) in [4.78, 5) is 27.6. The van der Waals surface area contributed by atoms with Gasteiger partial charge in [-0.05, 0) is 36.5 Å². The molecule has 6 nitrogen and oxygen atoms in total. The molecule has 0 radical (unpaired) electrons. The Labute approximate surface area is 182 Å². The Morgan fingerprint density at radius 1 is 1.13 bits per heavy atom. The Morgan fingerprint density at radius 2 is 1.90 bits per heavy atom. The molecule has 0 saturated carbocycles. The maximum atomic E-state index is 12.9. The van der Waals surface area contributed by atoms with Crippen molar-refractivity contribution in [2.45, 2.75) is 32.7 Å². The van der Waals surface area contributed by atoms with Crippen molar-refractivity contribution in [1.29, 1.82) is 0 Å². The van der Waals surface area contributed by atoms with Crippen molar-refractivity contribution in [3.63, 3.8) is 0 Å². The first kappa shape index (κ1) is 20.8. The minimum Gasteiger partial charge on any atom is -0.369 e. The molecule has 1 amide bonds. The van der Waals surface area contributed by atoms with E-state index in [1.54, 1.807) is 12.3 Å². The predicted molar refractivity (Wildman–Crippen MR) is 123 cm³/mol. The van der Waals surface area contributed by atoms with Gasteiger partial charge in [0.25, 0.3) is 5.56 Å². The van der Waals surface area contributed by atoms with Crippen molar-refractivity contribution >= 4 is 17.3 Å². The van der Waals surface area contributed by atoms with Gasteiger partial charge in [0.1, 0.15) is 0 Å². The molecule has 1 aliphatic rings. The smallest absolute Gasteiger partial charge is 0.269 e. The normalized spacial score (nSPS) is 16.2. The second kappa shape index (κ2) is 9.60. The summed E-state index contributed by atoms with van der Waals surface area (Å²) in [7, 11) is 0. The molecule has 0 unspecified atom stereocenters. The first-order valence-electron chi connectivity index (χ1n) is 10.9. The van der Waals surface area contributed by atoms with E-state index in [0.717, 1.165) is 48.3 Å². The molecule has 0 bridgehead atoms. The zero-order chi connectivity index (χ0) is 21.6. The number of rotatable bonds is 6. The molecule has 2 heterocycles. The molecule has 6 heteroatoms. The van der Waals surface area contributed by atoms with E-state index in [9.17, 15) is 9.59 Å². The van der Waals surface area contributed by atoms with Crippen molar-refractivity contribution in [2.75, 3.05) is 23.3 Å². The number of hydrogen-bond donors (Lipinski definition) is 1. The maximum absolute atomic E-state index is 12.9. The van der Waals surface area contributed by atoms with Crippen LogP contribution < -0.4 is 15.8 Å². The maximum Gasteiger partial charge on any atom is 0.269 e. The molecule has 4 rings (SSSR count). The Bertz CT molecular complexity index is 1090. The van der Waals surface area contributed by atoms with E-state index in [1.807, 2.05) is 54.6 Å². The summed E-state index contributed by atoms with van der Waals surface area (Å²) >= 11 is 0. The number of benzene rings is 2. The van der Waals surface area contributed by atoms with E-state index >= 15 is 0 Å².